The molecule has 0 fully saturated rings. The number of aryl methyl sites for hydroxylation is 1. The minimum absolute atomic E-state index is 0.240. The monoisotopic (exact) mass is 218 g/mol. The molecule has 0 radical (unpaired) electrons. The zero-order valence-electron chi connectivity index (χ0n) is 8.66. The van der Waals surface area contributed by atoms with E-state index in [0.29, 0.717) is 5.82 Å². The second-order valence-corrected chi connectivity index (χ2v) is 3.42. The summed E-state index contributed by atoms with van der Waals surface area (Å²) in [6, 6.07) is 7.58. The van der Waals surface area contributed by atoms with E-state index in [1.165, 1.54) is 4.68 Å². The predicted octanol–water partition coefficient (Wildman–Crippen LogP) is 0.733. The molecule has 1 aromatic heterocycles. The summed E-state index contributed by atoms with van der Waals surface area (Å²) >= 11 is 0. The molecule has 0 saturated carbocycles. The van der Waals surface area contributed by atoms with Gasteiger partial charge < -0.3 is 5.11 Å². The van der Waals surface area contributed by atoms with Crippen LogP contribution in [-0.2, 0) is 11.3 Å². The molecule has 0 aliphatic heterocycles. The molecule has 2 rings (SSSR count). The highest BCUT2D eigenvalue weighted by Gasteiger charge is 2.11. The van der Waals surface area contributed by atoms with Crippen LogP contribution in [0.2, 0.25) is 0 Å². The molecule has 0 spiro atoms. The molecule has 16 heavy (non-hydrogen) atoms. The zero-order chi connectivity index (χ0) is 11.5. The highest BCUT2D eigenvalue weighted by molar-refractivity contribution is 5.67. The van der Waals surface area contributed by atoms with E-state index in [4.69, 9.17) is 5.11 Å². The number of benzene rings is 1. The van der Waals surface area contributed by atoms with Crippen LogP contribution in [0.25, 0.3) is 11.4 Å². The van der Waals surface area contributed by atoms with Gasteiger partial charge in [-0.05, 0) is 23.4 Å². The third-order valence-electron chi connectivity index (χ3n) is 2.09. The van der Waals surface area contributed by atoms with Gasteiger partial charge in [0.15, 0.2) is 5.82 Å². The number of carbonyl (C=O) groups is 1. The van der Waals surface area contributed by atoms with Gasteiger partial charge in [0.2, 0.25) is 0 Å². The molecule has 1 aromatic carbocycles. The van der Waals surface area contributed by atoms with Crippen LogP contribution in [0, 0.1) is 6.92 Å². The lowest BCUT2D eigenvalue weighted by atomic mass is 10.1. The maximum absolute atomic E-state index is 10.6. The Morgan fingerprint density at radius 3 is 3.00 bits per heavy atom. The first-order valence-corrected chi connectivity index (χ1v) is 4.72. The summed E-state index contributed by atoms with van der Waals surface area (Å²) in [5.74, 6) is -0.507. The Balaban J connectivity index is 2.40. The van der Waals surface area contributed by atoms with Gasteiger partial charge in [-0.15, -0.1) is 5.10 Å². The molecule has 0 amide bonds. The van der Waals surface area contributed by atoms with Crippen molar-refractivity contribution in [3.8, 4) is 11.4 Å². The van der Waals surface area contributed by atoms with Gasteiger partial charge >= 0.3 is 5.97 Å². The van der Waals surface area contributed by atoms with Crippen LogP contribution in [0.15, 0.2) is 24.3 Å². The van der Waals surface area contributed by atoms with E-state index in [2.05, 4.69) is 15.5 Å². The van der Waals surface area contributed by atoms with Crippen molar-refractivity contribution in [2.75, 3.05) is 0 Å². The lowest BCUT2D eigenvalue weighted by Gasteiger charge is -2.02. The van der Waals surface area contributed by atoms with Gasteiger partial charge in [-0.2, -0.15) is 0 Å². The fraction of sp³-hybridized carbons (Fsp3) is 0.200. The van der Waals surface area contributed by atoms with Gasteiger partial charge in [-0.25, -0.2) is 4.68 Å². The van der Waals surface area contributed by atoms with E-state index in [1.807, 2.05) is 31.2 Å². The van der Waals surface area contributed by atoms with E-state index in [-0.39, 0.29) is 6.54 Å². The fourth-order valence-corrected chi connectivity index (χ4v) is 1.43. The zero-order valence-corrected chi connectivity index (χ0v) is 8.66. The molecule has 6 nitrogen and oxygen atoms in total. The number of hydrogen-bond donors (Lipinski definition) is 1. The van der Waals surface area contributed by atoms with Crippen molar-refractivity contribution in [1.29, 1.82) is 0 Å². The lowest BCUT2D eigenvalue weighted by molar-refractivity contribution is -0.137. The van der Waals surface area contributed by atoms with Crippen LogP contribution >= 0.6 is 0 Å². The molecular formula is C10H10N4O2. The Morgan fingerprint density at radius 1 is 1.50 bits per heavy atom. The summed E-state index contributed by atoms with van der Waals surface area (Å²) in [4.78, 5) is 10.6. The molecule has 1 N–H and O–H groups in total. The highest BCUT2D eigenvalue weighted by Crippen LogP contribution is 2.16. The summed E-state index contributed by atoms with van der Waals surface area (Å²) < 4.78 is 1.26. The number of rotatable bonds is 3. The van der Waals surface area contributed by atoms with Crippen LogP contribution < -0.4 is 0 Å². The van der Waals surface area contributed by atoms with Gasteiger partial charge in [0, 0.05) is 5.56 Å². The van der Waals surface area contributed by atoms with E-state index in [0.717, 1.165) is 11.1 Å². The molecule has 82 valence electrons. The Kier molecular flexibility index (Phi) is 2.63. The van der Waals surface area contributed by atoms with Crippen molar-refractivity contribution < 1.29 is 9.90 Å². The van der Waals surface area contributed by atoms with Crippen molar-refractivity contribution in [3.05, 3.63) is 29.8 Å². The minimum Gasteiger partial charge on any atom is -0.480 e. The number of aliphatic carboxylic acids is 1. The standard InChI is InChI=1S/C10H10N4O2/c1-7-3-2-4-8(5-7)10-11-12-13-14(10)6-9(15)16/h2-5H,6H2,1H3,(H,15,16). The first-order valence-electron chi connectivity index (χ1n) is 4.72. The summed E-state index contributed by atoms with van der Waals surface area (Å²) in [5.41, 5.74) is 1.88. The highest BCUT2D eigenvalue weighted by atomic mass is 16.4. The van der Waals surface area contributed by atoms with E-state index >= 15 is 0 Å². The molecule has 0 atom stereocenters. The third kappa shape index (κ3) is 2.05. The molecule has 0 bridgehead atoms. The topological polar surface area (TPSA) is 80.9 Å². The maximum Gasteiger partial charge on any atom is 0.325 e. The van der Waals surface area contributed by atoms with Gasteiger partial charge in [0.25, 0.3) is 0 Å². The smallest absolute Gasteiger partial charge is 0.325 e. The second kappa shape index (κ2) is 4.09. The molecule has 0 unspecified atom stereocenters. The van der Waals surface area contributed by atoms with Gasteiger partial charge in [0.1, 0.15) is 6.54 Å². The molecule has 1 heterocycles. The Bertz CT molecular complexity index is 521. The first-order chi connectivity index (χ1) is 7.66. The molecule has 0 aliphatic carbocycles. The number of carboxylic acids is 1. The normalized spacial score (nSPS) is 10.3. The number of tetrazole rings is 1. The number of hydrogen-bond acceptors (Lipinski definition) is 4. The summed E-state index contributed by atoms with van der Waals surface area (Å²) in [6.07, 6.45) is 0. The number of carboxylic acid groups (broad SMARTS) is 1. The molecule has 6 heteroatoms. The molecule has 2 aromatic rings. The average Bonchev–Trinajstić information content (AvgIpc) is 2.65. The summed E-state index contributed by atoms with van der Waals surface area (Å²) in [7, 11) is 0. The second-order valence-electron chi connectivity index (χ2n) is 3.42. The summed E-state index contributed by atoms with van der Waals surface area (Å²) in [6.45, 7) is 1.71. The minimum atomic E-state index is -0.971. The van der Waals surface area contributed by atoms with Crippen molar-refractivity contribution >= 4 is 5.97 Å². The number of nitrogens with zero attached hydrogens (tertiary/aromatic N) is 4. The molecular weight excluding hydrogens is 208 g/mol. The maximum atomic E-state index is 10.6. The van der Waals surface area contributed by atoms with E-state index in [1.54, 1.807) is 0 Å². The average molecular weight is 218 g/mol. The lowest BCUT2D eigenvalue weighted by Crippen LogP contribution is -2.11. The van der Waals surface area contributed by atoms with Gasteiger partial charge in [-0.1, -0.05) is 23.8 Å². The fourth-order valence-electron chi connectivity index (χ4n) is 1.43. The molecule has 0 saturated heterocycles. The Hall–Kier alpha value is -2.24. The SMILES string of the molecule is Cc1cccc(-c2nnnn2CC(=O)O)c1. The molecule has 0 aliphatic rings. The van der Waals surface area contributed by atoms with Crippen LogP contribution in [-0.4, -0.2) is 31.3 Å². The van der Waals surface area contributed by atoms with Crippen LogP contribution in [0.1, 0.15) is 5.56 Å². The predicted molar refractivity (Wildman–Crippen MR) is 55.6 cm³/mol. The third-order valence-corrected chi connectivity index (χ3v) is 2.09. The summed E-state index contributed by atoms with van der Waals surface area (Å²) in [5, 5.41) is 19.6. The quantitative estimate of drug-likeness (QED) is 0.821. The van der Waals surface area contributed by atoms with E-state index < -0.39 is 5.97 Å². The number of aromatic nitrogens is 4. The first kappa shape index (κ1) is 10.3. The largest absolute Gasteiger partial charge is 0.480 e. The Labute approximate surface area is 91.5 Å². The van der Waals surface area contributed by atoms with Crippen molar-refractivity contribution in [2.24, 2.45) is 0 Å². The van der Waals surface area contributed by atoms with Crippen molar-refractivity contribution in [2.45, 2.75) is 13.5 Å². The van der Waals surface area contributed by atoms with Gasteiger partial charge in [0.05, 0.1) is 0 Å². The Morgan fingerprint density at radius 2 is 2.31 bits per heavy atom. The van der Waals surface area contributed by atoms with Crippen LogP contribution in [0.4, 0.5) is 0 Å². The van der Waals surface area contributed by atoms with Crippen LogP contribution in [0.5, 0.6) is 0 Å². The van der Waals surface area contributed by atoms with Crippen molar-refractivity contribution in [3.63, 3.8) is 0 Å². The van der Waals surface area contributed by atoms with Crippen LogP contribution in [0.3, 0.4) is 0 Å². The van der Waals surface area contributed by atoms with E-state index in [9.17, 15) is 4.79 Å². The van der Waals surface area contributed by atoms with Crippen molar-refractivity contribution in [1.82, 2.24) is 20.2 Å². The van der Waals surface area contributed by atoms with Gasteiger partial charge in [-0.3, -0.25) is 4.79 Å².